The summed E-state index contributed by atoms with van der Waals surface area (Å²) in [5.41, 5.74) is 1.99. The molecule has 1 saturated carbocycles. The molecule has 2 unspecified atom stereocenters. The highest BCUT2D eigenvalue weighted by molar-refractivity contribution is 5.84. The van der Waals surface area contributed by atoms with E-state index in [4.69, 9.17) is 0 Å². The second-order valence-corrected chi connectivity index (χ2v) is 7.80. The number of aromatic nitrogens is 4. The van der Waals surface area contributed by atoms with Gasteiger partial charge < -0.3 is 5.32 Å². The second kappa shape index (κ2) is 8.99. The van der Waals surface area contributed by atoms with E-state index in [1.54, 1.807) is 12.4 Å². The maximum atomic E-state index is 13.3. The van der Waals surface area contributed by atoms with E-state index in [0.717, 1.165) is 24.0 Å². The van der Waals surface area contributed by atoms with Gasteiger partial charge in [0.1, 0.15) is 5.82 Å². The number of nitrogens with one attached hydrogen (secondary N) is 2. The predicted molar refractivity (Wildman–Crippen MR) is 112 cm³/mol. The van der Waals surface area contributed by atoms with Crippen LogP contribution in [0.1, 0.15) is 62.4 Å². The summed E-state index contributed by atoms with van der Waals surface area (Å²) in [6.45, 7) is 1.94. The van der Waals surface area contributed by atoms with Crippen LogP contribution in [-0.2, 0) is 4.79 Å². The number of hydrogen-bond acceptors (Lipinski definition) is 4. The van der Waals surface area contributed by atoms with E-state index in [9.17, 15) is 4.79 Å². The Balaban J connectivity index is 1.50. The predicted octanol–water partition coefficient (Wildman–Crippen LogP) is 4.41. The zero-order valence-corrected chi connectivity index (χ0v) is 16.7. The van der Waals surface area contributed by atoms with Crippen molar-refractivity contribution in [3.8, 4) is 11.4 Å². The Morgan fingerprint density at radius 2 is 1.79 bits per heavy atom. The summed E-state index contributed by atoms with van der Waals surface area (Å²) in [6, 6.07) is 13.6. The Morgan fingerprint density at radius 3 is 2.52 bits per heavy atom. The molecule has 1 fully saturated rings. The van der Waals surface area contributed by atoms with E-state index in [1.807, 2.05) is 37.3 Å². The molecule has 4 rings (SSSR count). The molecule has 1 aliphatic rings. The Hall–Kier alpha value is -3.02. The number of H-pyrrole nitrogens is 1. The summed E-state index contributed by atoms with van der Waals surface area (Å²) < 4.78 is 0. The minimum Gasteiger partial charge on any atom is -0.346 e. The van der Waals surface area contributed by atoms with E-state index in [-0.39, 0.29) is 17.9 Å². The Morgan fingerprint density at radius 1 is 1.07 bits per heavy atom. The number of nitrogens with zero attached hydrogens (tertiary/aromatic N) is 3. The zero-order valence-electron chi connectivity index (χ0n) is 16.7. The number of rotatable bonds is 6. The molecule has 0 saturated heterocycles. The molecule has 150 valence electrons. The summed E-state index contributed by atoms with van der Waals surface area (Å²) in [7, 11) is 0. The first-order valence-corrected chi connectivity index (χ1v) is 10.4. The van der Waals surface area contributed by atoms with Crippen molar-refractivity contribution in [1.82, 2.24) is 25.5 Å². The molecule has 0 aliphatic heterocycles. The van der Waals surface area contributed by atoms with E-state index in [2.05, 4.69) is 37.6 Å². The van der Waals surface area contributed by atoms with Gasteiger partial charge in [0.2, 0.25) is 5.91 Å². The van der Waals surface area contributed by atoms with E-state index in [1.165, 1.54) is 19.3 Å². The van der Waals surface area contributed by atoms with Gasteiger partial charge in [-0.05, 0) is 43.4 Å². The zero-order chi connectivity index (χ0) is 20.1. The highest BCUT2D eigenvalue weighted by atomic mass is 16.2. The van der Waals surface area contributed by atoms with Gasteiger partial charge in [0.25, 0.3) is 0 Å². The first kappa shape index (κ1) is 19.3. The van der Waals surface area contributed by atoms with Gasteiger partial charge in [-0.2, -0.15) is 5.10 Å². The molecule has 1 aliphatic carbocycles. The van der Waals surface area contributed by atoms with Crippen molar-refractivity contribution >= 4 is 5.91 Å². The molecule has 2 heterocycles. The summed E-state index contributed by atoms with van der Waals surface area (Å²) in [5.74, 6) is 1.59. The Bertz CT molecular complexity index is 919. The van der Waals surface area contributed by atoms with Crippen molar-refractivity contribution in [2.24, 2.45) is 5.92 Å². The molecule has 1 amide bonds. The number of carbonyl (C=O) groups excluding carboxylic acids is 1. The molecule has 0 radical (unpaired) electrons. The third kappa shape index (κ3) is 4.53. The summed E-state index contributed by atoms with van der Waals surface area (Å²) in [4.78, 5) is 21.9. The van der Waals surface area contributed by atoms with Crippen LogP contribution in [0.15, 0.2) is 54.9 Å². The van der Waals surface area contributed by atoms with Crippen LogP contribution in [0.25, 0.3) is 11.4 Å². The largest absolute Gasteiger partial charge is 0.346 e. The normalized spacial score (nSPS) is 16.9. The second-order valence-electron chi connectivity index (χ2n) is 7.80. The van der Waals surface area contributed by atoms with Gasteiger partial charge in [0.05, 0.1) is 12.0 Å². The first-order valence-electron chi connectivity index (χ1n) is 10.4. The fraction of sp³-hybridized carbons (Fsp3) is 0.391. The Labute approximate surface area is 171 Å². The smallest absolute Gasteiger partial charge is 0.228 e. The van der Waals surface area contributed by atoms with E-state index >= 15 is 0 Å². The SMILES string of the molecule is CC(NC(=O)C(c1ccccc1)C1CCCCC1)c1nc(-c2ccncc2)n[nH]1. The van der Waals surface area contributed by atoms with Crippen molar-refractivity contribution in [3.05, 3.63) is 66.2 Å². The third-order valence-electron chi connectivity index (χ3n) is 5.77. The molecular weight excluding hydrogens is 362 g/mol. The summed E-state index contributed by atoms with van der Waals surface area (Å²) in [6.07, 6.45) is 9.32. The first-order chi connectivity index (χ1) is 14.2. The molecule has 0 spiro atoms. The molecule has 29 heavy (non-hydrogen) atoms. The summed E-state index contributed by atoms with van der Waals surface area (Å²) >= 11 is 0. The van der Waals surface area contributed by atoms with Gasteiger partial charge in [0.15, 0.2) is 5.82 Å². The lowest BCUT2D eigenvalue weighted by Crippen LogP contribution is -2.36. The molecular formula is C23H27N5O. The minimum atomic E-state index is -0.250. The fourth-order valence-electron chi connectivity index (χ4n) is 4.24. The number of aromatic amines is 1. The highest BCUT2D eigenvalue weighted by Crippen LogP contribution is 2.36. The minimum absolute atomic E-state index is 0.0671. The lowest BCUT2D eigenvalue weighted by Gasteiger charge is -2.30. The lowest BCUT2D eigenvalue weighted by atomic mass is 9.76. The van der Waals surface area contributed by atoms with Crippen LogP contribution in [0.5, 0.6) is 0 Å². The van der Waals surface area contributed by atoms with Crippen LogP contribution in [0, 0.1) is 5.92 Å². The van der Waals surface area contributed by atoms with Gasteiger partial charge in [-0.15, -0.1) is 0 Å². The van der Waals surface area contributed by atoms with Crippen molar-refractivity contribution in [3.63, 3.8) is 0 Å². The van der Waals surface area contributed by atoms with Crippen LogP contribution in [0.3, 0.4) is 0 Å². The lowest BCUT2D eigenvalue weighted by molar-refractivity contribution is -0.124. The Kier molecular flexibility index (Phi) is 5.98. The molecule has 2 atom stereocenters. The molecule has 0 bridgehead atoms. The number of benzene rings is 1. The number of pyridine rings is 1. The summed E-state index contributed by atoms with van der Waals surface area (Å²) in [5, 5.41) is 10.4. The van der Waals surface area contributed by atoms with Crippen LogP contribution >= 0.6 is 0 Å². The van der Waals surface area contributed by atoms with Gasteiger partial charge in [-0.1, -0.05) is 49.6 Å². The highest BCUT2D eigenvalue weighted by Gasteiger charge is 2.32. The van der Waals surface area contributed by atoms with Crippen molar-refractivity contribution in [2.75, 3.05) is 0 Å². The van der Waals surface area contributed by atoms with Gasteiger partial charge >= 0.3 is 0 Å². The van der Waals surface area contributed by atoms with Gasteiger partial charge in [-0.25, -0.2) is 4.98 Å². The quantitative estimate of drug-likeness (QED) is 0.654. The van der Waals surface area contributed by atoms with Crippen molar-refractivity contribution < 1.29 is 4.79 Å². The van der Waals surface area contributed by atoms with E-state index in [0.29, 0.717) is 17.6 Å². The average molecular weight is 390 g/mol. The van der Waals surface area contributed by atoms with Crippen LogP contribution in [0.2, 0.25) is 0 Å². The third-order valence-corrected chi connectivity index (χ3v) is 5.77. The maximum Gasteiger partial charge on any atom is 0.228 e. The van der Waals surface area contributed by atoms with Gasteiger partial charge in [0, 0.05) is 18.0 Å². The van der Waals surface area contributed by atoms with Crippen LogP contribution in [0.4, 0.5) is 0 Å². The monoisotopic (exact) mass is 389 g/mol. The van der Waals surface area contributed by atoms with E-state index < -0.39 is 0 Å². The van der Waals surface area contributed by atoms with Crippen molar-refractivity contribution in [2.45, 2.75) is 51.0 Å². The molecule has 2 aromatic heterocycles. The topological polar surface area (TPSA) is 83.6 Å². The van der Waals surface area contributed by atoms with Crippen molar-refractivity contribution in [1.29, 1.82) is 0 Å². The standard InChI is InChI=1S/C23H27N5O/c1-16(21-26-22(28-27-21)19-12-14-24-15-13-19)25-23(29)20(17-8-4-2-5-9-17)18-10-6-3-7-11-18/h2,4-5,8-9,12-16,18,20H,3,6-7,10-11H2,1H3,(H,25,29)(H,26,27,28). The maximum absolute atomic E-state index is 13.3. The number of hydrogen-bond donors (Lipinski definition) is 2. The molecule has 1 aromatic carbocycles. The molecule has 6 nitrogen and oxygen atoms in total. The molecule has 6 heteroatoms. The number of amides is 1. The molecule has 3 aromatic rings. The molecule has 2 N–H and O–H groups in total. The number of carbonyl (C=O) groups is 1. The van der Waals surface area contributed by atoms with Gasteiger partial charge in [-0.3, -0.25) is 14.9 Å². The fourth-order valence-corrected chi connectivity index (χ4v) is 4.24. The average Bonchev–Trinajstić information content (AvgIpc) is 3.27. The van der Waals surface area contributed by atoms with Crippen LogP contribution in [-0.4, -0.2) is 26.1 Å². The van der Waals surface area contributed by atoms with Crippen LogP contribution < -0.4 is 5.32 Å².